The van der Waals surface area contributed by atoms with Crippen LogP contribution in [0.3, 0.4) is 0 Å². The van der Waals surface area contributed by atoms with Crippen molar-refractivity contribution in [1.82, 2.24) is 0 Å². The van der Waals surface area contributed by atoms with Crippen LogP contribution in [0, 0.1) is 5.92 Å². The van der Waals surface area contributed by atoms with Crippen molar-refractivity contribution in [2.24, 2.45) is 5.92 Å². The van der Waals surface area contributed by atoms with Gasteiger partial charge in [0, 0.05) is 4.47 Å². The van der Waals surface area contributed by atoms with E-state index in [2.05, 4.69) is 15.9 Å². The highest BCUT2D eigenvalue weighted by Crippen LogP contribution is 2.30. The van der Waals surface area contributed by atoms with Crippen molar-refractivity contribution in [1.29, 1.82) is 0 Å². The Morgan fingerprint density at radius 1 is 1.39 bits per heavy atom. The molecule has 1 aliphatic carbocycles. The number of aryl methyl sites for hydroxylation is 1. The number of halogens is 1. The predicted octanol–water partition coefficient (Wildman–Crippen LogP) is 3.94. The summed E-state index contributed by atoms with van der Waals surface area (Å²) < 4.78 is 6.33. The number of aliphatic hydroxyl groups is 1. The van der Waals surface area contributed by atoms with Gasteiger partial charge in [0.15, 0.2) is 0 Å². The lowest BCUT2D eigenvalue weighted by molar-refractivity contribution is 0.102. The van der Waals surface area contributed by atoms with Crippen molar-refractivity contribution in [3.05, 3.63) is 28.2 Å². The van der Waals surface area contributed by atoms with Crippen LogP contribution in [0.5, 0.6) is 5.75 Å². The molecule has 1 aromatic rings. The standard InChI is InChI=1S/C15H21BrO2/c1-18-13-7-8-14(16)12(10-13)6-9-15(17)11-4-2-3-5-11/h7-8,10-11,15,17H,2-6,9H2,1H3. The van der Waals surface area contributed by atoms with Gasteiger partial charge in [0.05, 0.1) is 13.2 Å². The van der Waals surface area contributed by atoms with E-state index in [1.807, 2.05) is 18.2 Å². The summed E-state index contributed by atoms with van der Waals surface area (Å²) in [4.78, 5) is 0. The molecule has 1 saturated carbocycles. The smallest absolute Gasteiger partial charge is 0.119 e. The molecular weight excluding hydrogens is 292 g/mol. The zero-order valence-electron chi connectivity index (χ0n) is 10.9. The van der Waals surface area contributed by atoms with E-state index in [0.29, 0.717) is 5.92 Å². The summed E-state index contributed by atoms with van der Waals surface area (Å²) in [6, 6.07) is 6.00. The molecule has 0 saturated heterocycles. The van der Waals surface area contributed by atoms with Gasteiger partial charge < -0.3 is 9.84 Å². The molecule has 3 heteroatoms. The largest absolute Gasteiger partial charge is 0.497 e. The summed E-state index contributed by atoms with van der Waals surface area (Å²) in [6.07, 6.45) is 6.55. The van der Waals surface area contributed by atoms with Gasteiger partial charge in [-0.3, -0.25) is 0 Å². The average Bonchev–Trinajstić information content (AvgIpc) is 2.91. The normalized spacial score (nSPS) is 17.9. The number of hydrogen-bond donors (Lipinski definition) is 1. The molecule has 0 bridgehead atoms. The lowest BCUT2D eigenvalue weighted by Gasteiger charge is -2.18. The predicted molar refractivity (Wildman–Crippen MR) is 77.0 cm³/mol. The molecule has 1 unspecified atom stereocenters. The van der Waals surface area contributed by atoms with E-state index in [1.54, 1.807) is 7.11 Å². The van der Waals surface area contributed by atoms with Crippen molar-refractivity contribution in [2.45, 2.75) is 44.6 Å². The first-order valence-corrected chi connectivity index (χ1v) is 7.50. The van der Waals surface area contributed by atoms with Crippen LogP contribution in [0.25, 0.3) is 0 Å². The molecule has 0 aliphatic heterocycles. The SMILES string of the molecule is COc1ccc(Br)c(CCC(O)C2CCCC2)c1. The van der Waals surface area contributed by atoms with E-state index < -0.39 is 0 Å². The average molecular weight is 313 g/mol. The molecule has 0 spiro atoms. The van der Waals surface area contributed by atoms with Gasteiger partial charge in [-0.05, 0) is 55.4 Å². The Labute approximate surface area is 117 Å². The van der Waals surface area contributed by atoms with Gasteiger partial charge in [0.1, 0.15) is 5.75 Å². The maximum absolute atomic E-state index is 10.2. The maximum Gasteiger partial charge on any atom is 0.119 e. The van der Waals surface area contributed by atoms with Crippen LogP contribution in [0.4, 0.5) is 0 Å². The number of ether oxygens (including phenoxy) is 1. The second-order valence-electron chi connectivity index (χ2n) is 5.11. The van der Waals surface area contributed by atoms with Crippen LogP contribution in [0.2, 0.25) is 0 Å². The monoisotopic (exact) mass is 312 g/mol. The van der Waals surface area contributed by atoms with Gasteiger partial charge in [0.25, 0.3) is 0 Å². The Morgan fingerprint density at radius 3 is 2.78 bits per heavy atom. The highest BCUT2D eigenvalue weighted by Gasteiger charge is 2.22. The second kappa shape index (κ2) is 6.58. The molecule has 1 aliphatic rings. The molecule has 1 aromatic carbocycles. The van der Waals surface area contributed by atoms with E-state index in [1.165, 1.54) is 31.2 Å². The molecule has 18 heavy (non-hydrogen) atoms. The van der Waals surface area contributed by atoms with Crippen LogP contribution >= 0.6 is 15.9 Å². The minimum absolute atomic E-state index is 0.148. The van der Waals surface area contributed by atoms with E-state index in [9.17, 15) is 5.11 Å². The minimum atomic E-state index is -0.148. The molecular formula is C15H21BrO2. The first-order valence-electron chi connectivity index (χ1n) is 6.71. The first-order chi connectivity index (χ1) is 8.70. The second-order valence-corrected chi connectivity index (χ2v) is 5.96. The van der Waals surface area contributed by atoms with Gasteiger partial charge >= 0.3 is 0 Å². The molecule has 0 heterocycles. The maximum atomic E-state index is 10.2. The highest BCUT2D eigenvalue weighted by molar-refractivity contribution is 9.10. The van der Waals surface area contributed by atoms with Crippen molar-refractivity contribution in [2.75, 3.05) is 7.11 Å². The van der Waals surface area contributed by atoms with Gasteiger partial charge in [-0.25, -0.2) is 0 Å². The Bertz CT molecular complexity index is 386. The Balaban J connectivity index is 1.92. The summed E-state index contributed by atoms with van der Waals surface area (Å²) in [5.41, 5.74) is 1.21. The number of rotatable bonds is 5. The Kier molecular flexibility index (Phi) is 5.07. The number of aliphatic hydroxyl groups excluding tert-OH is 1. The molecule has 2 rings (SSSR count). The quantitative estimate of drug-likeness (QED) is 0.892. The van der Waals surface area contributed by atoms with Gasteiger partial charge in [0.2, 0.25) is 0 Å². The highest BCUT2D eigenvalue weighted by atomic mass is 79.9. The zero-order valence-corrected chi connectivity index (χ0v) is 12.4. The van der Waals surface area contributed by atoms with Crippen LogP contribution in [0.1, 0.15) is 37.7 Å². The van der Waals surface area contributed by atoms with Crippen molar-refractivity contribution >= 4 is 15.9 Å². The number of benzene rings is 1. The van der Waals surface area contributed by atoms with Crippen LogP contribution in [-0.2, 0) is 6.42 Å². The lowest BCUT2D eigenvalue weighted by Crippen LogP contribution is -2.18. The summed E-state index contributed by atoms with van der Waals surface area (Å²) in [5, 5.41) is 10.2. The van der Waals surface area contributed by atoms with E-state index in [0.717, 1.165) is 23.1 Å². The Morgan fingerprint density at radius 2 is 2.11 bits per heavy atom. The molecule has 1 fully saturated rings. The van der Waals surface area contributed by atoms with Crippen LogP contribution in [-0.4, -0.2) is 18.3 Å². The van der Waals surface area contributed by atoms with Gasteiger partial charge in [-0.2, -0.15) is 0 Å². The third-order valence-electron chi connectivity index (χ3n) is 3.91. The summed E-state index contributed by atoms with van der Waals surface area (Å²) >= 11 is 3.56. The topological polar surface area (TPSA) is 29.5 Å². The van der Waals surface area contributed by atoms with Gasteiger partial charge in [-0.15, -0.1) is 0 Å². The minimum Gasteiger partial charge on any atom is -0.497 e. The van der Waals surface area contributed by atoms with Crippen molar-refractivity contribution in [3.63, 3.8) is 0 Å². The lowest BCUT2D eigenvalue weighted by atomic mass is 9.95. The third kappa shape index (κ3) is 3.48. The number of hydrogen-bond acceptors (Lipinski definition) is 2. The number of methoxy groups -OCH3 is 1. The Hall–Kier alpha value is -0.540. The zero-order chi connectivity index (χ0) is 13.0. The molecule has 2 nitrogen and oxygen atoms in total. The van der Waals surface area contributed by atoms with E-state index >= 15 is 0 Å². The summed E-state index contributed by atoms with van der Waals surface area (Å²) in [6.45, 7) is 0. The molecule has 1 atom stereocenters. The molecule has 100 valence electrons. The summed E-state index contributed by atoms with van der Waals surface area (Å²) in [5.74, 6) is 1.40. The molecule has 0 radical (unpaired) electrons. The fourth-order valence-corrected chi connectivity index (χ4v) is 3.20. The van der Waals surface area contributed by atoms with Crippen LogP contribution < -0.4 is 4.74 Å². The van der Waals surface area contributed by atoms with Crippen molar-refractivity contribution < 1.29 is 9.84 Å². The molecule has 0 amide bonds. The molecule has 0 aromatic heterocycles. The first kappa shape index (κ1) is 13.9. The fraction of sp³-hybridized carbons (Fsp3) is 0.600. The third-order valence-corrected chi connectivity index (χ3v) is 4.68. The van der Waals surface area contributed by atoms with Crippen molar-refractivity contribution in [3.8, 4) is 5.75 Å². The van der Waals surface area contributed by atoms with E-state index in [-0.39, 0.29) is 6.10 Å². The molecule has 1 N–H and O–H groups in total. The summed E-state index contributed by atoms with van der Waals surface area (Å²) in [7, 11) is 1.68. The van der Waals surface area contributed by atoms with Gasteiger partial charge in [-0.1, -0.05) is 28.8 Å². The van der Waals surface area contributed by atoms with E-state index in [4.69, 9.17) is 4.74 Å². The fourth-order valence-electron chi connectivity index (χ4n) is 2.75. The van der Waals surface area contributed by atoms with Crippen LogP contribution in [0.15, 0.2) is 22.7 Å².